The zero-order valence-electron chi connectivity index (χ0n) is 21.0. The van der Waals surface area contributed by atoms with E-state index in [2.05, 4.69) is 0 Å². The molecule has 0 saturated carbocycles. The number of rotatable bonds is 5. The first-order valence-corrected chi connectivity index (χ1v) is 11.8. The predicted octanol–water partition coefficient (Wildman–Crippen LogP) is 5.48. The van der Waals surface area contributed by atoms with Crippen LogP contribution in [0.25, 0.3) is 17.2 Å². The molecule has 0 bridgehead atoms. The molecule has 0 N–H and O–H groups in total. The van der Waals surface area contributed by atoms with E-state index in [4.69, 9.17) is 4.74 Å². The molecule has 1 heterocycles. The Hall–Kier alpha value is -3.68. The van der Waals surface area contributed by atoms with Gasteiger partial charge < -0.3 is 14.5 Å². The molecule has 1 aliphatic rings. The molecule has 8 nitrogen and oxygen atoms in total. The Labute approximate surface area is 206 Å². The van der Waals surface area contributed by atoms with Crippen LogP contribution in [0.4, 0.5) is 10.5 Å². The summed E-state index contributed by atoms with van der Waals surface area (Å²) in [7, 11) is 0. The van der Waals surface area contributed by atoms with Crippen molar-refractivity contribution in [1.29, 1.82) is 0 Å². The number of nitrogens with zero attached hydrogens (tertiary/aromatic N) is 3. The maximum atomic E-state index is 12.9. The third kappa shape index (κ3) is 6.47. The predicted molar refractivity (Wildman–Crippen MR) is 136 cm³/mol. The van der Waals surface area contributed by atoms with E-state index in [1.807, 2.05) is 58.9 Å². The largest absolute Gasteiger partial charge is 0.444 e. The van der Waals surface area contributed by atoms with Crippen LogP contribution in [0, 0.1) is 10.1 Å². The van der Waals surface area contributed by atoms with Gasteiger partial charge in [-0.2, -0.15) is 0 Å². The summed E-state index contributed by atoms with van der Waals surface area (Å²) in [6, 6.07) is 12.5. The molecular formula is C27H33N3O5. The second-order valence-corrected chi connectivity index (χ2v) is 9.87. The lowest BCUT2D eigenvalue weighted by Crippen LogP contribution is -2.51. The molecule has 2 aromatic rings. The van der Waals surface area contributed by atoms with Crippen LogP contribution in [0.15, 0.2) is 48.5 Å². The van der Waals surface area contributed by atoms with E-state index >= 15 is 0 Å². The highest BCUT2D eigenvalue weighted by molar-refractivity contribution is 5.94. The second-order valence-electron chi connectivity index (χ2n) is 9.87. The lowest BCUT2D eigenvalue weighted by Gasteiger charge is -2.35. The second kappa shape index (κ2) is 10.7. The maximum Gasteiger partial charge on any atom is 0.410 e. The average Bonchev–Trinajstić information content (AvgIpc) is 2.81. The third-order valence-electron chi connectivity index (χ3n) is 5.77. The van der Waals surface area contributed by atoms with E-state index in [-0.39, 0.29) is 28.5 Å². The molecule has 0 aliphatic carbocycles. The zero-order valence-corrected chi connectivity index (χ0v) is 21.0. The van der Waals surface area contributed by atoms with Gasteiger partial charge in [-0.3, -0.25) is 14.9 Å². The maximum absolute atomic E-state index is 12.9. The Balaban J connectivity index is 1.81. The van der Waals surface area contributed by atoms with Crippen molar-refractivity contribution in [2.75, 3.05) is 26.2 Å². The minimum Gasteiger partial charge on any atom is -0.444 e. The van der Waals surface area contributed by atoms with Gasteiger partial charge in [0.25, 0.3) is 5.69 Å². The number of nitro groups is 1. The lowest BCUT2D eigenvalue weighted by molar-refractivity contribution is -0.384. The number of piperazine rings is 1. The van der Waals surface area contributed by atoms with Crippen LogP contribution in [0.3, 0.4) is 0 Å². The van der Waals surface area contributed by atoms with Crippen molar-refractivity contribution in [1.82, 2.24) is 9.80 Å². The molecule has 1 aliphatic heterocycles. The Kier molecular flexibility index (Phi) is 7.94. The van der Waals surface area contributed by atoms with Gasteiger partial charge in [-0.25, -0.2) is 4.79 Å². The average molecular weight is 480 g/mol. The van der Waals surface area contributed by atoms with Gasteiger partial charge in [0.15, 0.2) is 0 Å². The Morgan fingerprint density at radius 2 is 1.63 bits per heavy atom. The fraction of sp³-hybridized carbons (Fsp3) is 0.407. The van der Waals surface area contributed by atoms with Gasteiger partial charge in [0.2, 0.25) is 5.91 Å². The highest BCUT2D eigenvalue weighted by Gasteiger charge is 2.27. The fourth-order valence-corrected chi connectivity index (χ4v) is 4.07. The van der Waals surface area contributed by atoms with Crippen LogP contribution in [-0.2, 0) is 9.53 Å². The Bertz CT molecular complexity index is 1130. The van der Waals surface area contributed by atoms with Gasteiger partial charge in [-0.05, 0) is 49.5 Å². The summed E-state index contributed by atoms with van der Waals surface area (Å²) >= 11 is 0. The standard InChI is InChI=1S/C27H33N3O5/c1-19(2)21-10-6-7-11-22(21)25-20(9-8-12-23(25)30(33)34)13-14-24(31)28-15-17-29(18-16-28)26(32)35-27(3,4)5/h6-14,19H,15-18H2,1-5H3/b14-13+. The highest BCUT2D eigenvalue weighted by Crippen LogP contribution is 2.38. The topological polar surface area (TPSA) is 93.0 Å². The molecule has 0 radical (unpaired) electrons. The number of ether oxygens (including phenoxy) is 1. The summed E-state index contributed by atoms with van der Waals surface area (Å²) in [4.78, 5) is 39.9. The van der Waals surface area contributed by atoms with Crippen LogP contribution in [0.2, 0.25) is 0 Å². The van der Waals surface area contributed by atoms with Gasteiger partial charge in [0.1, 0.15) is 5.60 Å². The molecular weight excluding hydrogens is 446 g/mol. The first-order valence-electron chi connectivity index (χ1n) is 11.8. The van der Waals surface area contributed by atoms with E-state index in [0.717, 1.165) is 11.1 Å². The molecule has 8 heteroatoms. The molecule has 35 heavy (non-hydrogen) atoms. The first kappa shape index (κ1) is 25.9. The van der Waals surface area contributed by atoms with Crippen molar-refractivity contribution in [2.45, 2.75) is 46.1 Å². The van der Waals surface area contributed by atoms with Crippen molar-refractivity contribution in [3.63, 3.8) is 0 Å². The van der Waals surface area contributed by atoms with Crippen molar-refractivity contribution in [2.24, 2.45) is 0 Å². The number of nitro benzene ring substituents is 1. The number of hydrogen-bond donors (Lipinski definition) is 0. The van der Waals surface area contributed by atoms with Gasteiger partial charge in [0.05, 0.1) is 10.5 Å². The van der Waals surface area contributed by atoms with Crippen LogP contribution < -0.4 is 0 Å². The smallest absolute Gasteiger partial charge is 0.410 e. The molecule has 2 aromatic carbocycles. The molecule has 3 rings (SSSR count). The Morgan fingerprint density at radius 3 is 2.23 bits per heavy atom. The summed E-state index contributed by atoms with van der Waals surface area (Å²) < 4.78 is 5.40. The van der Waals surface area contributed by atoms with Crippen LogP contribution >= 0.6 is 0 Å². The SMILES string of the molecule is CC(C)c1ccccc1-c1c(/C=C/C(=O)N2CCN(C(=O)OC(C)(C)C)CC2)cccc1[N+](=O)[O-]. The summed E-state index contributed by atoms with van der Waals surface area (Å²) in [6.07, 6.45) is 2.70. The van der Waals surface area contributed by atoms with Crippen molar-refractivity contribution < 1.29 is 19.2 Å². The van der Waals surface area contributed by atoms with Gasteiger partial charge in [0, 0.05) is 38.3 Å². The monoisotopic (exact) mass is 479 g/mol. The van der Waals surface area contributed by atoms with Gasteiger partial charge in [-0.1, -0.05) is 50.2 Å². The highest BCUT2D eigenvalue weighted by atomic mass is 16.6. The number of amides is 2. The van der Waals surface area contributed by atoms with Crippen LogP contribution in [0.1, 0.15) is 51.7 Å². The van der Waals surface area contributed by atoms with Crippen molar-refractivity contribution >= 4 is 23.8 Å². The molecule has 0 unspecified atom stereocenters. The number of benzene rings is 2. The van der Waals surface area contributed by atoms with E-state index in [1.54, 1.807) is 28.0 Å². The summed E-state index contributed by atoms with van der Waals surface area (Å²) in [5.41, 5.74) is 2.32. The zero-order chi connectivity index (χ0) is 25.8. The number of hydrogen-bond acceptors (Lipinski definition) is 5. The van der Waals surface area contributed by atoms with Gasteiger partial charge in [-0.15, -0.1) is 0 Å². The summed E-state index contributed by atoms with van der Waals surface area (Å²) in [5.74, 6) is -0.0332. The molecule has 0 atom stereocenters. The normalized spacial score (nSPS) is 14.5. The van der Waals surface area contributed by atoms with Crippen LogP contribution in [-0.4, -0.2) is 58.5 Å². The molecule has 0 aromatic heterocycles. The molecule has 1 saturated heterocycles. The third-order valence-corrected chi connectivity index (χ3v) is 5.77. The van der Waals surface area contributed by atoms with Crippen molar-refractivity contribution in [3.8, 4) is 11.1 Å². The quantitative estimate of drug-likeness (QED) is 0.322. The van der Waals surface area contributed by atoms with Crippen molar-refractivity contribution in [3.05, 3.63) is 69.8 Å². The minimum atomic E-state index is -0.572. The lowest BCUT2D eigenvalue weighted by atomic mass is 9.89. The fourth-order valence-electron chi connectivity index (χ4n) is 4.07. The molecule has 1 fully saturated rings. The molecule has 2 amide bonds. The van der Waals surface area contributed by atoms with E-state index < -0.39 is 5.60 Å². The van der Waals surface area contributed by atoms with E-state index in [0.29, 0.717) is 37.3 Å². The van der Waals surface area contributed by atoms with Crippen LogP contribution in [0.5, 0.6) is 0 Å². The number of carbonyl (C=O) groups excluding carboxylic acids is 2. The Morgan fingerprint density at radius 1 is 1.00 bits per heavy atom. The molecule has 0 spiro atoms. The van der Waals surface area contributed by atoms with E-state index in [1.165, 1.54) is 12.1 Å². The summed E-state index contributed by atoms with van der Waals surface area (Å²) in [6.45, 7) is 11.1. The molecule has 186 valence electrons. The first-order chi connectivity index (χ1) is 16.5. The minimum absolute atomic E-state index is 0.00123. The summed E-state index contributed by atoms with van der Waals surface area (Å²) in [5, 5.41) is 11.9. The number of carbonyl (C=O) groups is 2. The van der Waals surface area contributed by atoms with Gasteiger partial charge >= 0.3 is 6.09 Å². The van der Waals surface area contributed by atoms with E-state index in [9.17, 15) is 19.7 Å².